The van der Waals surface area contributed by atoms with E-state index in [9.17, 15) is 4.79 Å². The number of H-pyrrole nitrogens is 1. The Labute approximate surface area is 180 Å². The lowest BCUT2D eigenvalue weighted by Crippen LogP contribution is -2.33. The van der Waals surface area contributed by atoms with Gasteiger partial charge in [0.05, 0.1) is 17.1 Å². The summed E-state index contributed by atoms with van der Waals surface area (Å²) in [5.41, 5.74) is 2.39. The van der Waals surface area contributed by atoms with Crippen LogP contribution in [0.1, 0.15) is 54.2 Å². The third-order valence-corrected chi connectivity index (χ3v) is 5.26. The van der Waals surface area contributed by atoms with Crippen molar-refractivity contribution in [3.05, 3.63) is 71.6 Å². The predicted molar refractivity (Wildman–Crippen MR) is 116 cm³/mol. The number of rotatable bonds is 8. The topological polar surface area (TPSA) is 106 Å². The average Bonchev–Trinajstić information content (AvgIpc) is 3.41. The molecule has 2 heterocycles. The molecule has 0 saturated carbocycles. The lowest BCUT2D eigenvalue weighted by Gasteiger charge is -2.22. The second-order valence-electron chi connectivity index (χ2n) is 7.52. The first-order chi connectivity index (χ1) is 15.0. The van der Waals surface area contributed by atoms with E-state index < -0.39 is 0 Å². The fraction of sp³-hybridized carbons (Fsp3) is 0.304. The minimum absolute atomic E-state index is 0.161. The third-order valence-electron chi connectivity index (χ3n) is 5.26. The van der Waals surface area contributed by atoms with Crippen molar-refractivity contribution >= 4 is 16.9 Å². The van der Waals surface area contributed by atoms with Crippen molar-refractivity contribution < 1.29 is 14.1 Å². The molecule has 4 aromatic rings. The van der Waals surface area contributed by atoms with E-state index in [1.165, 1.54) is 0 Å². The summed E-state index contributed by atoms with van der Waals surface area (Å²) in [5.74, 6) is 2.40. The number of benzene rings is 2. The van der Waals surface area contributed by atoms with Gasteiger partial charge in [0.15, 0.2) is 6.61 Å². The van der Waals surface area contributed by atoms with Gasteiger partial charge < -0.3 is 19.6 Å². The number of aryl methyl sites for hydroxylation is 1. The van der Waals surface area contributed by atoms with Gasteiger partial charge in [-0.05, 0) is 42.3 Å². The van der Waals surface area contributed by atoms with E-state index in [0.29, 0.717) is 23.0 Å². The van der Waals surface area contributed by atoms with Gasteiger partial charge in [0.25, 0.3) is 5.91 Å². The van der Waals surface area contributed by atoms with Crippen molar-refractivity contribution in [1.29, 1.82) is 0 Å². The predicted octanol–water partition coefficient (Wildman–Crippen LogP) is 4.35. The molecule has 0 bridgehead atoms. The monoisotopic (exact) mass is 419 g/mol. The standard InChI is InChI=1S/C23H25N5O3/c1-4-14(2)21(22-25-18-7-5-6-8-19(18)26-22)27-23(29)16-9-11-17(12-10-16)30-13-20-24-15(3)31-28-20/h5-12,14,21H,4,13H2,1-3H3,(H,25,26)(H,27,29). The largest absolute Gasteiger partial charge is 0.485 e. The molecule has 0 spiro atoms. The van der Waals surface area contributed by atoms with Crippen molar-refractivity contribution in [3.63, 3.8) is 0 Å². The number of imidazole rings is 1. The number of carbonyl (C=O) groups excluding carboxylic acids is 1. The highest BCUT2D eigenvalue weighted by Crippen LogP contribution is 2.25. The number of hydrogen-bond donors (Lipinski definition) is 2. The minimum Gasteiger partial charge on any atom is -0.485 e. The first-order valence-corrected chi connectivity index (χ1v) is 10.3. The summed E-state index contributed by atoms with van der Waals surface area (Å²) in [6, 6.07) is 14.6. The molecule has 2 aromatic carbocycles. The zero-order valence-electron chi connectivity index (χ0n) is 17.8. The number of nitrogens with zero attached hydrogens (tertiary/aromatic N) is 3. The molecule has 31 heavy (non-hydrogen) atoms. The lowest BCUT2D eigenvalue weighted by molar-refractivity contribution is 0.0920. The van der Waals surface area contributed by atoms with Gasteiger partial charge in [0.1, 0.15) is 11.6 Å². The molecule has 8 nitrogen and oxygen atoms in total. The normalized spacial score (nSPS) is 13.1. The van der Waals surface area contributed by atoms with Gasteiger partial charge in [-0.15, -0.1) is 0 Å². The summed E-state index contributed by atoms with van der Waals surface area (Å²) in [4.78, 5) is 25.1. The summed E-state index contributed by atoms with van der Waals surface area (Å²) >= 11 is 0. The second-order valence-corrected chi connectivity index (χ2v) is 7.52. The number of fused-ring (bicyclic) bond motifs is 1. The maximum atomic E-state index is 12.9. The van der Waals surface area contributed by atoms with Crippen LogP contribution in [0.3, 0.4) is 0 Å². The number of aromatic nitrogens is 4. The maximum absolute atomic E-state index is 12.9. The minimum atomic E-state index is -0.220. The van der Waals surface area contributed by atoms with Crippen LogP contribution in [0.25, 0.3) is 11.0 Å². The zero-order chi connectivity index (χ0) is 21.8. The molecule has 0 fully saturated rings. The molecule has 1 amide bonds. The highest BCUT2D eigenvalue weighted by molar-refractivity contribution is 5.94. The number of amides is 1. The second kappa shape index (κ2) is 8.99. The van der Waals surface area contributed by atoms with Crippen LogP contribution in [0.2, 0.25) is 0 Å². The average molecular weight is 419 g/mol. The van der Waals surface area contributed by atoms with Crippen LogP contribution < -0.4 is 10.1 Å². The maximum Gasteiger partial charge on any atom is 0.251 e. The van der Waals surface area contributed by atoms with Crippen LogP contribution >= 0.6 is 0 Å². The molecule has 0 saturated heterocycles. The van der Waals surface area contributed by atoms with Gasteiger partial charge in [-0.1, -0.05) is 37.6 Å². The fourth-order valence-corrected chi connectivity index (χ4v) is 3.31. The molecular formula is C23H25N5O3. The Morgan fingerprint density at radius 1 is 1.16 bits per heavy atom. The molecule has 160 valence electrons. The number of ether oxygens (including phenoxy) is 1. The zero-order valence-corrected chi connectivity index (χ0v) is 17.8. The van der Waals surface area contributed by atoms with E-state index in [4.69, 9.17) is 9.26 Å². The Morgan fingerprint density at radius 2 is 1.94 bits per heavy atom. The molecule has 2 atom stereocenters. The quantitative estimate of drug-likeness (QED) is 0.440. The fourth-order valence-electron chi connectivity index (χ4n) is 3.31. The molecule has 0 radical (unpaired) electrons. The van der Waals surface area contributed by atoms with E-state index in [1.54, 1.807) is 31.2 Å². The summed E-state index contributed by atoms with van der Waals surface area (Å²) in [6.45, 7) is 6.13. The Balaban J connectivity index is 1.45. The number of hydrogen-bond acceptors (Lipinski definition) is 6. The van der Waals surface area contributed by atoms with Crippen molar-refractivity contribution in [2.24, 2.45) is 5.92 Å². The number of carbonyl (C=O) groups is 1. The molecule has 2 unspecified atom stereocenters. The van der Waals surface area contributed by atoms with Crippen molar-refractivity contribution in [1.82, 2.24) is 25.4 Å². The van der Waals surface area contributed by atoms with Crippen LogP contribution in [0, 0.1) is 12.8 Å². The molecule has 2 aromatic heterocycles. The van der Waals surface area contributed by atoms with Gasteiger partial charge in [-0.3, -0.25) is 4.79 Å². The molecule has 2 N–H and O–H groups in total. The Morgan fingerprint density at radius 3 is 2.61 bits per heavy atom. The summed E-state index contributed by atoms with van der Waals surface area (Å²) in [5, 5.41) is 6.93. The molecule has 0 aliphatic rings. The SMILES string of the molecule is CCC(C)C(NC(=O)c1ccc(OCc2noc(C)n2)cc1)c1nc2ccccc2[nH]1. The van der Waals surface area contributed by atoms with Gasteiger partial charge in [0.2, 0.25) is 11.7 Å². The van der Waals surface area contributed by atoms with Crippen molar-refractivity contribution in [2.45, 2.75) is 39.8 Å². The Bertz CT molecular complexity index is 1130. The number of para-hydroxylation sites is 2. The molecule has 0 aliphatic carbocycles. The van der Waals surface area contributed by atoms with Crippen molar-refractivity contribution in [2.75, 3.05) is 0 Å². The number of aromatic amines is 1. The highest BCUT2D eigenvalue weighted by Gasteiger charge is 2.24. The lowest BCUT2D eigenvalue weighted by atomic mass is 9.98. The molecule has 4 rings (SSSR count). The Hall–Kier alpha value is -3.68. The summed E-state index contributed by atoms with van der Waals surface area (Å²) < 4.78 is 10.6. The van der Waals surface area contributed by atoms with Gasteiger partial charge >= 0.3 is 0 Å². The third kappa shape index (κ3) is 4.74. The molecule has 0 aliphatic heterocycles. The van der Waals surface area contributed by atoms with E-state index in [1.807, 2.05) is 24.3 Å². The Kier molecular flexibility index (Phi) is 5.97. The first kappa shape index (κ1) is 20.6. The van der Waals surface area contributed by atoms with Gasteiger partial charge in [-0.25, -0.2) is 4.98 Å². The van der Waals surface area contributed by atoms with Crippen LogP contribution in [-0.4, -0.2) is 26.0 Å². The van der Waals surface area contributed by atoms with Crippen LogP contribution in [0.4, 0.5) is 0 Å². The van der Waals surface area contributed by atoms with Crippen molar-refractivity contribution in [3.8, 4) is 5.75 Å². The van der Waals surface area contributed by atoms with Crippen LogP contribution in [0.15, 0.2) is 53.1 Å². The molecular weight excluding hydrogens is 394 g/mol. The van der Waals surface area contributed by atoms with Crippen LogP contribution in [0.5, 0.6) is 5.75 Å². The van der Waals surface area contributed by atoms with E-state index >= 15 is 0 Å². The summed E-state index contributed by atoms with van der Waals surface area (Å²) in [7, 11) is 0. The highest BCUT2D eigenvalue weighted by atomic mass is 16.5. The smallest absolute Gasteiger partial charge is 0.251 e. The van der Waals surface area contributed by atoms with Gasteiger partial charge in [0, 0.05) is 12.5 Å². The van der Waals surface area contributed by atoms with Crippen LogP contribution in [-0.2, 0) is 6.61 Å². The first-order valence-electron chi connectivity index (χ1n) is 10.3. The summed E-state index contributed by atoms with van der Waals surface area (Å²) in [6.07, 6.45) is 0.907. The van der Waals surface area contributed by atoms with Gasteiger partial charge in [-0.2, -0.15) is 4.98 Å². The number of nitrogens with one attached hydrogen (secondary N) is 2. The van der Waals surface area contributed by atoms with E-state index in [2.05, 4.69) is 39.3 Å². The van der Waals surface area contributed by atoms with E-state index in [0.717, 1.165) is 23.3 Å². The molecule has 8 heteroatoms. The van der Waals surface area contributed by atoms with E-state index in [-0.39, 0.29) is 24.5 Å².